The number of nitrogens with two attached hydrogens (primary N) is 1. The Kier molecular flexibility index (Phi) is 4.49. The van der Waals surface area contributed by atoms with Gasteiger partial charge in [0.25, 0.3) is 0 Å². The topological polar surface area (TPSA) is 32.5 Å². The van der Waals surface area contributed by atoms with Crippen LogP contribution >= 0.6 is 11.6 Å². The number of hydrogen-bond donors (Lipinski definition) is 1. The summed E-state index contributed by atoms with van der Waals surface area (Å²) in [6, 6.07) is 6.53. The predicted octanol–water partition coefficient (Wildman–Crippen LogP) is 2.45. The van der Waals surface area contributed by atoms with Gasteiger partial charge < -0.3 is 10.6 Å². The number of anilines is 1. The van der Waals surface area contributed by atoms with Crippen molar-refractivity contribution < 1.29 is 0 Å². The summed E-state index contributed by atoms with van der Waals surface area (Å²) < 4.78 is 0. The number of nitrogen functional groups attached to an aromatic ring is 1. The molecule has 100 valence electrons. The third-order valence-corrected chi connectivity index (χ3v) is 3.96. The van der Waals surface area contributed by atoms with E-state index in [1.54, 1.807) is 0 Å². The maximum absolute atomic E-state index is 6.07. The summed E-state index contributed by atoms with van der Waals surface area (Å²) in [6.45, 7) is 6.70. The molecule has 1 aliphatic rings. The van der Waals surface area contributed by atoms with E-state index in [1.165, 1.54) is 18.5 Å². The van der Waals surface area contributed by atoms with Crippen LogP contribution in [0.25, 0.3) is 0 Å². The van der Waals surface area contributed by atoms with E-state index in [0.717, 1.165) is 19.6 Å². The van der Waals surface area contributed by atoms with Gasteiger partial charge in [0.15, 0.2) is 0 Å². The third-order valence-electron chi connectivity index (χ3n) is 3.63. The number of hydrogen-bond acceptors (Lipinski definition) is 3. The fourth-order valence-corrected chi connectivity index (χ4v) is 2.76. The summed E-state index contributed by atoms with van der Waals surface area (Å²) >= 11 is 6.07. The highest BCUT2D eigenvalue weighted by molar-refractivity contribution is 6.33. The molecule has 2 rings (SSSR count). The van der Waals surface area contributed by atoms with Crippen molar-refractivity contribution in [1.29, 1.82) is 0 Å². The van der Waals surface area contributed by atoms with Gasteiger partial charge >= 0.3 is 0 Å². The fourth-order valence-electron chi connectivity index (χ4n) is 2.56. The average molecular weight is 268 g/mol. The largest absolute Gasteiger partial charge is 0.398 e. The standard InChI is InChI=1S/C14H22ClN3/c1-11-9-17(2)6-3-7-18(11)10-12-4-5-14(16)13(15)8-12/h4-5,8,11H,3,6-7,9-10,16H2,1-2H3. The van der Waals surface area contributed by atoms with Gasteiger partial charge in [0.1, 0.15) is 0 Å². The summed E-state index contributed by atoms with van der Waals surface area (Å²) in [6.07, 6.45) is 1.23. The molecular formula is C14H22ClN3. The van der Waals surface area contributed by atoms with E-state index in [0.29, 0.717) is 16.8 Å². The Labute approximate surface area is 115 Å². The first-order valence-electron chi connectivity index (χ1n) is 6.53. The van der Waals surface area contributed by atoms with E-state index in [1.807, 2.05) is 12.1 Å². The van der Waals surface area contributed by atoms with E-state index >= 15 is 0 Å². The van der Waals surface area contributed by atoms with Gasteiger partial charge in [-0.05, 0) is 44.6 Å². The second-order valence-corrected chi connectivity index (χ2v) is 5.70. The normalized spacial score (nSPS) is 22.9. The van der Waals surface area contributed by atoms with Crippen LogP contribution in [0, 0.1) is 0 Å². The van der Waals surface area contributed by atoms with Crippen LogP contribution in [-0.2, 0) is 6.54 Å². The fraction of sp³-hybridized carbons (Fsp3) is 0.571. The third kappa shape index (κ3) is 3.37. The highest BCUT2D eigenvalue weighted by atomic mass is 35.5. The zero-order valence-corrected chi connectivity index (χ0v) is 12.0. The van der Waals surface area contributed by atoms with Crippen molar-refractivity contribution in [2.75, 3.05) is 32.4 Å². The maximum Gasteiger partial charge on any atom is 0.0638 e. The number of rotatable bonds is 2. The van der Waals surface area contributed by atoms with Crippen LogP contribution in [0.3, 0.4) is 0 Å². The van der Waals surface area contributed by atoms with E-state index in [4.69, 9.17) is 17.3 Å². The summed E-state index contributed by atoms with van der Waals surface area (Å²) in [5.74, 6) is 0. The lowest BCUT2D eigenvalue weighted by molar-refractivity contribution is 0.194. The molecule has 2 N–H and O–H groups in total. The minimum absolute atomic E-state index is 0.578. The van der Waals surface area contributed by atoms with Crippen LogP contribution < -0.4 is 5.73 Å². The molecular weight excluding hydrogens is 246 g/mol. The summed E-state index contributed by atoms with van der Waals surface area (Å²) in [5.41, 5.74) is 7.64. The van der Waals surface area contributed by atoms with Crippen LogP contribution in [-0.4, -0.2) is 42.5 Å². The Morgan fingerprint density at radius 3 is 2.89 bits per heavy atom. The lowest BCUT2D eigenvalue weighted by atomic mass is 10.1. The van der Waals surface area contributed by atoms with Crippen molar-refractivity contribution in [1.82, 2.24) is 9.80 Å². The first kappa shape index (κ1) is 13.7. The highest BCUT2D eigenvalue weighted by Gasteiger charge is 2.19. The van der Waals surface area contributed by atoms with Crippen LogP contribution in [0.4, 0.5) is 5.69 Å². The Bertz CT molecular complexity index is 408. The van der Waals surface area contributed by atoms with Gasteiger partial charge in [0.05, 0.1) is 10.7 Å². The van der Waals surface area contributed by atoms with Crippen molar-refractivity contribution in [2.45, 2.75) is 25.9 Å². The van der Waals surface area contributed by atoms with E-state index in [9.17, 15) is 0 Å². The molecule has 0 radical (unpaired) electrons. The van der Waals surface area contributed by atoms with Gasteiger partial charge in [-0.3, -0.25) is 4.90 Å². The smallest absolute Gasteiger partial charge is 0.0638 e. The van der Waals surface area contributed by atoms with Crippen LogP contribution in [0.1, 0.15) is 18.9 Å². The van der Waals surface area contributed by atoms with Gasteiger partial charge in [-0.2, -0.15) is 0 Å². The zero-order valence-electron chi connectivity index (χ0n) is 11.2. The first-order valence-corrected chi connectivity index (χ1v) is 6.90. The molecule has 0 saturated carbocycles. The molecule has 0 aromatic heterocycles. The molecule has 1 atom stereocenters. The van der Waals surface area contributed by atoms with Gasteiger partial charge in [-0.25, -0.2) is 0 Å². The molecule has 1 saturated heterocycles. The molecule has 1 aromatic carbocycles. The van der Waals surface area contributed by atoms with E-state index in [2.05, 4.69) is 29.8 Å². The van der Waals surface area contributed by atoms with Crippen LogP contribution in [0.15, 0.2) is 18.2 Å². The molecule has 1 unspecified atom stereocenters. The highest BCUT2D eigenvalue weighted by Crippen LogP contribution is 2.21. The Morgan fingerprint density at radius 2 is 2.17 bits per heavy atom. The first-order chi connectivity index (χ1) is 8.56. The Hall–Kier alpha value is -0.770. The molecule has 1 fully saturated rings. The monoisotopic (exact) mass is 267 g/mol. The number of benzene rings is 1. The summed E-state index contributed by atoms with van der Waals surface area (Å²) in [5, 5.41) is 0.659. The average Bonchev–Trinajstić information content (AvgIpc) is 2.46. The molecule has 0 spiro atoms. The number of halogens is 1. The molecule has 0 amide bonds. The molecule has 0 aliphatic carbocycles. The lowest BCUT2D eigenvalue weighted by Crippen LogP contribution is -2.37. The molecule has 18 heavy (non-hydrogen) atoms. The maximum atomic E-state index is 6.07. The minimum Gasteiger partial charge on any atom is -0.398 e. The summed E-state index contributed by atoms with van der Waals surface area (Å²) in [4.78, 5) is 4.92. The van der Waals surface area contributed by atoms with Crippen molar-refractivity contribution in [3.8, 4) is 0 Å². The van der Waals surface area contributed by atoms with E-state index < -0.39 is 0 Å². The number of nitrogens with zero attached hydrogens (tertiary/aromatic N) is 2. The number of likely N-dealkylation sites (N-methyl/N-ethyl adjacent to an activating group) is 1. The van der Waals surface area contributed by atoms with E-state index in [-0.39, 0.29) is 0 Å². The predicted molar refractivity (Wildman–Crippen MR) is 77.9 cm³/mol. The van der Waals surface area contributed by atoms with Crippen molar-refractivity contribution in [3.05, 3.63) is 28.8 Å². The van der Waals surface area contributed by atoms with Crippen LogP contribution in [0.2, 0.25) is 5.02 Å². The van der Waals surface area contributed by atoms with Gasteiger partial charge in [0, 0.05) is 25.7 Å². The second kappa shape index (κ2) is 5.91. The molecule has 3 nitrogen and oxygen atoms in total. The van der Waals surface area contributed by atoms with Gasteiger partial charge in [0.2, 0.25) is 0 Å². The molecule has 1 aliphatic heterocycles. The quantitative estimate of drug-likeness (QED) is 0.836. The molecule has 4 heteroatoms. The SMILES string of the molecule is CC1CN(C)CCCN1Cc1ccc(N)c(Cl)c1. The van der Waals surface area contributed by atoms with Gasteiger partial charge in [-0.15, -0.1) is 0 Å². The van der Waals surface area contributed by atoms with Crippen molar-refractivity contribution in [2.24, 2.45) is 0 Å². The zero-order chi connectivity index (χ0) is 13.1. The van der Waals surface area contributed by atoms with Crippen molar-refractivity contribution >= 4 is 17.3 Å². The Morgan fingerprint density at radius 1 is 1.39 bits per heavy atom. The minimum atomic E-state index is 0.578. The summed E-state index contributed by atoms with van der Waals surface area (Å²) in [7, 11) is 2.19. The van der Waals surface area contributed by atoms with Crippen molar-refractivity contribution in [3.63, 3.8) is 0 Å². The van der Waals surface area contributed by atoms with Crippen LogP contribution in [0.5, 0.6) is 0 Å². The Balaban J connectivity index is 2.05. The lowest BCUT2D eigenvalue weighted by Gasteiger charge is -2.28. The molecule has 1 aromatic rings. The second-order valence-electron chi connectivity index (χ2n) is 5.29. The molecule has 1 heterocycles. The van der Waals surface area contributed by atoms with Gasteiger partial charge in [-0.1, -0.05) is 17.7 Å². The molecule has 0 bridgehead atoms.